The largest absolute Gasteiger partial charge is 0.355 e. The number of halogens is 2. The molecule has 0 saturated heterocycles. The van der Waals surface area contributed by atoms with E-state index in [-0.39, 0.29) is 5.82 Å². The molecule has 9 heteroatoms. The quantitative estimate of drug-likeness (QED) is 0.499. The molecular weight excluding hydrogens is 421 g/mol. The van der Waals surface area contributed by atoms with Gasteiger partial charge in [-0.1, -0.05) is 35.9 Å². The number of rotatable bonds is 6. The lowest BCUT2D eigenvalue weighted by Crippen LogP contribution is -2.37. The number of hydrogen-bond acceptors (Lipinski definition) is 4. The summed E-state index contributed by atoms with van der Waals surface area (Å²) >= 11 is 5.94. The lowest BCUT2D eigenvalue weighted by molar-refractivity contribution is 0.626. The minimum absolute atomic E-state index is 0.296. The molecule has 0 aliphatic heterocycles. The third kappa shape index (κ3) is 4.11. The first-order valence-electron chi connectivity index (χ1n) is 9.74. The molecule has 1 N–H and O–H groups in total. The van der Waals surface area contributed by atoms with Crippen molar-refractivity contribution in [2.75, 3.05) is 11.9 Å². The summed E-state index contributed by atoms with van der Waals surface area (Å²) in [4.78, 5) is 29.8. The van der Waals surface area contributed by atoms with E-state index in [9.17, 15) is 14.0 Å². The fraction of sp³-hybridized carbons (Fsp3) is 0.227. The zero-order valence-electron chi connectivity index (χ0n) is 17.1. The number of aromatic nitrogens is 4. The Kier molecular flexibility index (Phi) is 5.65. The maximum absolute atomic E-state index is 13.3. The van der Waals surface area contributed by atoms with Gasteiger partial charge in [-0.2, -0.15) is 4.98 Å². The fourth-order valence-corrected chi connectivity index (χ4v) is 3.60. The van der Waals surface area contributed by atoms with E-state index < -0.39 is 11.2 Å². The highest BCUT2D eigenvalue weighted by Gasteiger charge is 2.19. The van der Waals surface area contributed by atoms with Crippen molar-refractivity contribution in [2.24, 2.45) is 14.1 Å². The van der Waals surface area contributed by atoms with Gasteiger partial charge in [0.15, 0.2) is 11.2 Å². The van der Waals surface area contributed by atoms with Gasteiger partial charge in [0.25, 0.3) is 5.56 Å². The van der Waals surface area contributed by atoms with Gasteiger partial charge in [0.05, 0.1) is 6.54 Å². The maximum Gasteiger partial charge on any atom is 0.332 e. The van der Waals surface area contributed by atoms with Crippen molar-refractivity contribution in [2.45, 2.75) is 13.0 Å². The van der Waals surface area contributed by atoms with Gasteiger partial charge in [0.1, 0.15) is 5.82 Å². The van der Waals surface area contributed by atoms with E-state index in [1.165, 1.54) is 23.7 Å². The second-order valence-electron chi connectivity index (χ2n) is 7.33. The average molecular weight is 442 g/mol. The predicted molar refractivity (Wildman–Crippen MR) is 119 cm³/mol. The third-order valence-electron chi connectivity index (χ3n) is 5.21. The van der Waals surface area contributed by atoms with Gasteiger partial charge in [-0.3, -0.25) is 18.5 Å². The van der Waals surface area contributed by atoms with E-state index in [4.69, 9.17) is 11.6 Å². The van der Waals surface area contributed by atoms with Gasteiger partial charge >= 0.3 is 5.69 Å². The van der Waals surface area contributed by atoms with Crippen molar-refractivity contribution < 1.29 is 4.39 Å². The SMILES string of the molecule is Cn1c(=O)c2c(nc(NCCc3ccc(Cl)cc3)n2Cc2ccc(F)cc2)n(C)c1=O. The molecule has 0 radical (unpaired) electrons. The molecule has 0 aliphatic carbocycles. The Bertz CT molecular complexity index is 1350. The number of aryl methyl sites for hydroxylation is 1. The van der Waals surface area contributed by atoms with Gasteiger partial charge in [-0.15, -0.1) is 0 Å². The molecule has 0 bridgehead atoms. The van der Waals surface area contributed by atoms with E-state index in [0.717, 1.165) is 15.7 Å². The summed E-state index contributed by atoms with van der Waals surface area (Å²) in [5.41, 5.74) is 1.63. The van der Waals surface area contributed by atoms with E-state index >= 15 is 0 Å². The van der Waals surface area contributed by atoms with Crippen LogP contribution < -0.4 is 16.6 Å². The molecule has 0 fully saturated rings. The highest BCUT2D eigenvalue weighted by molar-refractivity contribution is 6.30. The summed E-state index contributed by atoms with van der Waals surface area (Å²) in [5.74, 6) is 0.130. The van der Waals surface area contributed by atoms with Crippen molar-refractivity contribution in [3.8, 4) is 0 Å². The van der Waals surface area contributed by atoms with Gasteiger partial charge in [-0.05, 0) is 41.8 Å². The molecule has 0 amide bonds. The molecule has 4 rings (SSSR count). The predicted octanol–water partition coefficient (Wildman–Crippen LogP) is 2.93. The number of fused-ring (bicyclic) bond motifs is 1. The zero-order chi connectivity index (χ0) is 22.1. The lowest BCUT2D eigenvalue weighted by Gasteiger charge is -2.11. The van der Waals surface area contributed by atoms with Crippen LogP contribution in [0.15, 0.2) is 58.1 Å². The molecule has 7 nitrogen and oxygen atoms in total. The number of nitrogens with zero attached hydrogens (tertiary/aromatic N) is 4. The van der Waals surface area contributed by atoms with Crippen molar-refractivity contribution in [3.63, 3.8) is 0 Å². The molecule has 0 aliphatic rings. The fourth-order valence-electron chi connectivity index (χ4n) is 3.48. The Morgan fingerprint density at radius 3 is 2.29 bits per heavy atom. The van der Waals surface area contributed by atoms with Crippen LogP contribution in [0.2, 0.25) is 5.02 Å². The number of benzene rings is 2. The molecule has 2 aromatic carbocycles. The number of imidazole rings is 1. The minimum Gasteiger partial charge on any atom is -0.355 e. The Morgan fingerprint density at radius 1 is 0.968 bits per heavy atom. The molecule has 4 aromatic rings. The summed E-state index contributed by atoms with van der Waals surface area (Å²) in [6.07, 6.45) is 0.716. The second-order valence-corrected chi connectivity index (χ2v) is 7.77. The Labute approximate surface area is 182 Å². The molecule has 0 unspecified atom stereocenters. The third-order valence-corrected chi connectivity index (χ3v) is 5.46. The van der Waals surface area contributed by atoms with Crippen LogP contribution in [0, 0.1) is 5.82 Å². The van der Waals surface area contributed by atoms with Crippen molar-refractivity contribution in [3.05, 3.63) is 91.3 Å². The van der Waals surface area contributed by atoms with Crippen LogP contribution in [0.4, 0.5) is 10.3 Å². The standard InChI is InChI=1S/C22H21ClFN5O2/c1-27-19-18(20(30)28(2)22(27)31)29(13-15-5-9-17(24)10-6-15)21(26-19)25-12-11-14-3-7-16(23)8-4-14/h3-10H,11-13H2,1-2H3,(H,25,26). The molecule has 2 heterocycles. The summed E-state index contributed by atoms with van der Waals surface area (Å²) in [7, 11) is 3.02. The zero-order valence-corrected chi connectivity index (χ0v) is 17.9. The highest BCUT2D eigenvalue weighted by atomic mass is 35.5. The molecule has 31 heavy (non-hydrogen) atoms. The summed E-state index contributed by atoms with van der Waals surface area (Å²) in [5, 5.41) is 3.95. The topological polar surface area (TPSA) is 73.8 Å². The van der Waals surface area contributed by atoms with Crippen LogP contribution >= 0.6 is 11.6 Å². The first-order valence-corrected chi connectivity index (χ1v) is 10.1. The highest BCUT2D eigenvalue weighted by Crippen LogP contribution is 2.18. The maximum atomic E-state index is 13.3. The number of hydrogen-bond donors (Lipinski definition) is 1. The molecule has 0 spiro atoms. The number of nitrogens with one attached hydrogen (secondary N) is 1. The smallest absolute Gasteiger partial charge is 0.332 e. The van der Waals surface area contributed by atoms with Crippen LogP contribution in [0.1, 0.15) is 11.1 Å². The Hall–Kier alpha value is -3.39. The minimum atomic E-state index is -0.448. The Morgan fingerprint density at radius 2 is 1.61 bits per heavy atom. The van der Waals surface area contributed by atoms with E-state index in [0.29, 0.717) is 41.6 Å². The van der Waals surface area contributed by atoms with Crippen LogP contribution in [-0.2, 0) is 27.1 Å². The normalized spacial score (nSPS) is 11.2. The summed E-state index contributed by atoms with van der Waals surface area (Å²) in [6.45, 7) is 0.857. The van der Waals surface area contributed by atoms with Gasteiger partial charge in [0.2, 0.25) is 5.95 Å². The summed E-state index contributed by atoms with van der Waals surface area (Å²) < 4.78 is 17.5. The molecule has 160 valence electrons. The lowest BCUT2D eigenvalue weighted by atomic mass is 10.1. The van der Waals surface area contributed by atoms with Crippen molar-refractivity contribution in [1.29, 1.82) is 0 Å². The van der Waals surface area contributed by atoms with Crippen LogP contribution in [-0.4, -0.2) is 25.2 Å². The van der Waals surface area contributed by atoms with Crippen LogP contribution in [0.5, 0.6) is 0 Å². The van der Waals surface area contributed by atoms with Gasteiger partial charge in [-0.25, -0.2) is 9.18 Å². The molecule has 2 aromatic heterocycles. The molecule has 0 saturated carbocycles. The monoisotopic (exact) mass is 441 g/mol. The van der Waals surface area contributed by atoms with Crippen molar-refractivity contribution >= 4 is 28.7 Å². The molecular formula is C22H21ClFN5O2. The molecule has 0 atom stereocenters. The Balaban J connectivity index is 1.73. The van der Waals surface area contributed by atoms with Gasteiger partial charge < -0.3 is 5.32 Å². The average Bonchev–Trinajstić information content (AvgIpc) is 3.12. The van der Waals surface area contributed by atoms with Crippen LogP contribution in [0.3, 0.4) is 0 Å². The summed E-state index contributed by atoms with van der Waals surface area (Å²) in [6, 6.07) is 13.6. The second kappa shape index (κ2) is 8.39. The van der Waals surface area contributed by atoms with Crippen molar-refractivity contribution in [1.82, 2.24) is 18.7 Å². The van der Waals surface area contributed by atoms with E-state index in [2.05, 4.69) is 10.3 Å². The first kappa shape index (κ1) is 20.9. The van der Waals surface area contributed by atoms with Gasteiger partial charge in [0, 0.05) is 25.7 Å². The van der Waals surface area contributed by atoms with E-state index in [1.54, 1.807) is 23.7 Å². The van der Waals surface area contributed by atoms with Crippen LogP contribution in [0.25, 0.3) is 11.2 Å². The van der Waals surface area contributed by atoms with E-state index in [1.807, 2.05) is 24.3 Å². The number of anilines is 1. The first-order chi connectivity index (χ1) is 14.8.